The summed E-state index contributed by atoms with van der Waals surface area (Å²) in [5.41, 5.74) is 0.812. The molecule has 2 rings (SSSR count). The van der Waals surface area contributed by atoms with Gasteiger partial charge in [-0.3, -0.25) is 4.79 Å². The highest BCUT2D eigenvalue weighted by Crippen LogP contribution is 2.37. The first-order valence-corrected chi connectivity index (χ1v) is 8.74. The Kier molecular flexibility index (Phi) is 5.91. The van der Waals surface area contributed by atoms with Gasteiger partial charge in [-0.15, -0.1) is 11.3 Å². The van der Waals surface area contributed by atoms with E-state index in [1.165, 1.54) is 11.3 Å². The maximum atomic E-state index is 12.9. The van der Waals surface area contributed by atoms with Gasteiger partial charge in [-0.2, -0.15) is 13.2 Å². The predicted molar refractivity (Wildman–Crippen MR) is 85.5 cm³/mol. The van der Waals surface area contributed by atoms with Crippen molar-refractivity contribution in [2.24, 2.45) is 11.8 Å². The Morgan fingerprint density at radius 3 is 2.60 bits per heavy atom. The zero-order valence-corrected chi connectivity index (χ0v) is 14.7. The molecular formula is C15H20F3N3O3S. The Balaban J connectivity index is 1.87. The van der Waals surface area contributed by atoms with Crippen molar-refractivity contribution < 1.29 is 27.9 Å². The van der Waals surface area contributed by atoms with Gasteiger partial charge in [0.1, 0.15) is 0 Å². The topological polar surface area (TPSA) is 82.5 Å². The number of hydrogen-bond acceptors (Lipinski definition) is 4. The van der Waals surface area contributed by atoms with E-state index in [4.69, 9.17) is 5.11 Å². The van der Waals surface area contributed by atoms with Gasteiger partial charge in [-0.1, -0.05) is 13.8 Å². The number of urea groups is 1. The molecule has 2 atom stereocenters. The lowest BCUT2D eigenvalue weighted by Gasteiger charge is -2.18. The number of alkyl halides is 3. The molecule has 1 saturated heterocycles. The molecule has 0 aliphatic carbocycles. The molecule has 0 aromatic carbocycles. The molecule has 0 saturated carbocycles. The molecule has 1 aliphatic heterocycles. The van der Waals surface area contributed by atoms with E-state index in [0.717, 1.165) is 15.6 Å². The maximum Gasteiger partial charge on any atom is 0.394 e. The fourth-order valence-electron chi connectivity index (χ4n) is 2.66. The van der Waals surface area contributed by atoms with Crippen LogP contribution in [-0.4, -0.2) is 52.8 Å². The number of aromatic nitrogens is 1. The number of carbonyl (C=O) groups is 2. The van der Waals surface area contributed by atoms with Crippen LogP contribution in [0.15, 0.2) is 5.38 Å². The number of nitrogens with one attached hydrogen (secondary N) is 1. The van der Waals surface area contributed by atoms with E-state index in [2.05, 4.69) is 10.3 Å². The third-order valence-electron chi connectivity index (χ3n) is 4.07. The molecule has 2 N–H and O–H groups in total. The van der Waals surface area contributed by atoms with Crippen molar-refractivity contribution in [3.8, 4) is 0 Å². The largest absolute Gasteiger partial charge is 0.481 e. The standard InChI is InChI=1S/C15H20F3N3O3S/c1-8(2)12-20-9(7-25-12)3-4-19-14(24)21-5-10(13(22)23)11(6-21)15(16,17)18/h7-8,10-11H,3-6H2,1-2H3,(H,19,24)(H,22,23)/t10-,11-/m1/s1. The number of nitrogens with zero attached hydrogens (tertiary/aromatic N) is 2. The van der Waals surface area contributed by atoms with E-state index in [-0.39, 0.29) is 6.54 Å². The third kappa shape index (κ3) is 4.83. The van der Waals surface area contributed by atoms with Crippen molar-refractivity contribution in [2.75, 3.05) is 19.6 Å². The molecule has 0 radical (unpaired) electrons. The molecule has 1 aromatic heterocycles. The van der Waals surface area contributed by atoms with Crippen LogP contribution in [0.4, 0.5) is 18.0 Å². The number of amides is 2. The SMILES string of the molecule is CC(C)c1nc(CCNC(=O)N2C[C@@H](C(F)(F)F)[C@H](C(=O)O)C2)cs1. The van der Waals surface area contributed by atoms with Crippen LogP contribution in [0.5, 0.6) is 0 Å². The molecule has 0 unspecified atom stereocenters. The smallest absolute Gasteiger partial charge is 0.394 e. The van der Waals surface area contributed by atoms with Gasteiger partial charge in [0, 0.05) is 37.4 Å². The van der Waals surface area contributed by atoms with Crippen molar-refractivity contribution in [3.63, 3.8) is 0 Å². The lowest BCUT2D eigenvalue weighted by molar-refractivity contribution is -0.187. The minimum atomic E-state index is -4.65. The predicted octanol–water partition coefficient (Wildman–Crippen LogP) is 2.71. The zero-order valence-electron chi connectivity index (χ0n) is 13.8. The van der Waals surface area contributed by atoms with Crippen LogP contribution < -0.4 is 5.32 Å². The molecule has 0 spiro atoms. The second kappa shape index (κ2) is 7.59. The van der Waals surface area contributed by atoms with E-state index >= 15 is 0 Å². The minimum Gasteiger partial charge on any atom is -0.481 e. The summed E-state index contributed by atoms with van der Waals surface area (Å²) in [6.07, 6.45) is -4.18. The van der Waals surface area contributed by atoms with E-state index in [9.17, 15) is 22.8 Å². The van der Waals surface area contributed by atoms with Crippen molar-refractivity contribution >= 4 is 23.3 Å². The number of halogens is 3. The lowest BCUT2D eigenvalue weighted by Crippen LogP contribution is -2.40. The second-order valence-corrected chi connectivity index (χ2v) is 7.20. The monoisotopic (exact) mass is 379 g/mol. The minimum absolute atomic E-state index is 0.227. The fraction of sp³-hybridized carbons (Fsp3) is 0.667. The summed E-state index contributed by atoms with van der Waals surface area (Å²) in [5, 5.41) is 14.4. The maximum absolute atomic E-state index is 12.9. The molecule has 25 heavy (non-hydrogen) atoms. The van der Waals surface area contributed by atoms with E-state index in [0.29, 0.717) is 12.3 Å². The molecule has 1 fully saturated rings. The molecule has 2 heterocycles. The van der Waals surface area contributed by atoms with Crippen molar-refractivity contribution in [3.05, 3.63) is 16.1 Å². The summed E-state index contributed by atoms with van der Waals surface area (Å²) in [5.74, 6) is -4.90. The Morgan fingerprint density at radius 2 is 2.12 bits per heavy atom. The van der Waals surface area contributed by atoms with Crippen LogP contribution in [0.3, 0.4) is 0 Å². The first kappa shape index (κ1) is 19.5. The van der Waals surface area contributed by atoms with E-state index < -0.39 is 43.1 Å². The summed E-state index contributed by atoms with van der Waals surface area (Å²) in [7, 11) is 0. The molecule has 2 amide bonds. The summed E-state index contributed by atoms with van der Waals surface area (Å²) in [6, 6.07) is -0.683. The van der Waals surface area contributed by atoms with Crippen LogP contribution in [0.2, 0.25) is 0 Å². The van der Waals surface area contributed by atoms with Crippen LogP contribution in [-0.2, 0) is 11.2 Å². The van der Waals surface area contributed by atoms with Crippen molar-refractivity contribution in [2.45, 2.75) is 32.4 Å². The number of aliphatic carboxylic acids is 1. The molecule has 0 bridgehead atoms. The van der Waals surface area contributed by atoms with Crippen LogP contribution in [0.1, 0.15) is 30.5 Å². The Morgan fingerprint density at radius 1 is 1.44 bits per heavy atom. The second-order valence-electron chi connectivity index (χ2n) is 6.31. The van der Waals surface area contributed by atoms with Crippen LogP contribution >= 0.6 is 11.3 Å². The summed E-state index contributed by atoms with van der Waals surface area (Å²) in [6.45, 7) is 3.19. The summed E-state index contributed by atoms with van der Waals surface area (Å²) in [4.78, 5) is 28.4. The molecule has 1 aliphatic rings. The average Bonchev–Trinajstić information content (AvgIpc) is 3.13. The number of hydrogen-bond donors (Lipinski definition) is 2. The highest BCUT2D eigenvalue weighted by atomic mass is 32.1. The Labute approximate surface area is 147 Å². The number of carboxylic acids is 1. The van der Waals surface area contributed by atoms with Gasteiger partial charge in [-0.25, -0.2) is 9.78 Å². The molecule has 1 aromatic rings. The van der Waals surface area contributed by atoms with Crippen molar-refractivity contribution in [1.29, 1.82) is 0 Å². The van der Waals surface area contributed by atoms with Gasteiger partial charge in [0.2, 0.25) is 0 Å². The van der Waals surface area contributed by atoms with Crippen LogP contribution in [0, 0.1) is 11.8 Å². The first-order valence-electron chi connectivity index (χ1n) is 7.86. The number of likely N-dealkylation sites (tertiary alicyclic amines) is 1. The summed E-state index contributed by atoms with van der Waals surface area (Å²) >= 11 is 1.52. The molecule has 140 valence electrons. The van der Waals surface area contributed by atoms with E-state index in [1.807, 2.05) is 19.2 Å². The van der Waals surface area contributed by atoms with Crippen LogP contribution in [0.25, 0.3) is 0 Å². The average molecular weight is 379 g/mol. The Hall–Kier alpha value is -1.84. The quantitative estimate of drug-likeness (QED) is 0.824. The van der Waals surface area contributed by atoms with Gasteiger partial charge in [0.25, 0.3) is 0 Å². The first-order chi connectivity index (χ1) is 11.6. The highest BCUT2D eigenvalue weighted by molar-refractivity contribution is 7.09. The number of carbonyl (C=O) groups excluding carboxylic acids is 1. The molecule has 10 heteroatoms. The van der Waals surface area contributed by atoms with Gasteiger partial charge in [0.15, 0.2) is 0 Å². The Bertz CT molecular complexity index is 633. The fourth-order valence-corrected chi connectivity index (χ4v) is 3.53. The molecular weight excluding hydrogens is 359 g/mol. The normalized spacial score (nSPS) is 21.0. The highest BCUT2D eigenvalue weighted by Gasteiger charge is 2.53. The van der Waals surface area contributed by atoms with Gasteiger partial charge >= 0.3 is 18.2 Å². The zero-order chi connectivity index (χ0) is 18.8. The number of carboxylic acid groups (broad SMARTS) is 1. The van der Waals surface area contributed by atoms with E-state index in [1.54, 1.807) is 0 Å². The van der Waals surface area contributed by atoms with Gasteiger partial charge < -0.3 is 15.3 Å². The van der Waals surface area contributed by atoms with Gasteiger partial charge in [-0.05, 0) is 0 Å². The van der Waals surface area contributed by atoms with Crippen molar-refractivity contribution in [1.82, 2.24) is 15.2 Å². The number of thiazole rings is 1. The third-order valence-corrected chi connectivity index (χ3v) is 5.26. The number of rotatable bonds is 5. The lowest BCUT2D eigenvalue weighted by atomic mass is 9.96. The van der Waals surface area contributed by atoms with Gasteiger partial charge in [0.05, 0.1) is 22.5 Å². The summed E-state index contributed by atoms with van der Waals surface area (Å²) < 4.78 is 38.8. The molecule has 6 nitrogen and oxygen atoms in total.